The summed E-state index contributed by atoms with van der Waals surface area (Å²) in [6.45, 7) is 11.2. The molecule has 0 saturated carbocycles. The van der Waals surface area contributed by atoms with E-state index in [1.807, 2.05) is 0 Å². The summed E-state index contributed by atoms with van der Waals surface area (Å²) >= 11 is 0. The quantitative estimate of drug-likeness (QED) is 0.651. The van der Waals surface area contributed by atoms with E-state index in [2.05, 4.69) is 33.0 Å². The monoisotopic (exact) mass is 184 g/mol. The molecule has 2 nitrogen and oxygen atoms in total. The van der Waals surface area contributed by atoms with Crippen LogP contribution >= 0.6 is 0 Å². The van der Waals surface area contributed by atoms with Gasteiger partial charge in [-0.15, -0.1) is 0 Å². The van der Waals surface area contributed by atoms with E-state index < -0.39 is 0 Å². The van der Waals surface area contributed by atoms with Gasteiger partial charge in [-0.3, -0.25) is 0 Å². The number of rotatable bonds is 1. The summed E-state index contributed by atoms with van der Waals surface area (Å²) in [5.74, 6) is 0.650. The van der Waals surface area contributed by atoms with Crippen LogP contribution in [-0.2, 0) is 0 Å². The van der Waals surface area contributed by atoms with Gasteiger partial charge in [0.15, 0.2) is 0 Å². The Morgan fingerprint density at radius 3 is 2.46 bits per heavy atom. The van der Waals surface area contributed by atoms with E-state index in [-0.39, 0.29) is 5.54 Å². The van der Waals surface area contributed by atoms with Gasteiger partial charge in [-0.1, -0.05) is 13.8 Å². The van der Waals surface area contributed by atoms with Gasteiger partial charge in [0.05, 0.1) is 0 Å². The number of nitrogens with one attached hydrogen (secondary N) is 1. The summed E-state index contributed by atoms with van der Waals surface area (Å²) in [6, 6.07) is 0. The summed E-state index contributed by atoms with van der Waals surface area (Å²) < 4.78 is 0. The SMILES string of the molecule is CC1(C)C[C@@H](CN)CNC(C)(C)C1. The second kappa shape index (κ2) is 3.58. The van der Waals surface area contributed by atoms with Crippen LogP contribution in [0, 0.1) is 11.3 Å². The van der Waals surface area contributed by atoms with Crippen molar-refractivity contribution in [2.75, 3.05) is 13.1 Å². The fourth-order valence-corrected chi connectivity index (χ4v) is 2.77. The molecule has 1 rings (SSSR count). The van der Waals surface area contributed by atoms with Crippen LogP contribution in [0.3, 0.4) is 0 Å². The number of nitrogens with two attached hydrogens (primary N) is 1. The molecule has 0 aromatic heterocycles. The molecule has 0 aliphatic carbocycles. The van der Waals surface area contributed by atoms with Crippen molar-refractivity contribution >= 4 is 0 Å². The van der Waals surface area contributed by atoms with Gasteiger partial charge in [-0.05, 0) is 51.1 Å². The highest BCUT2D eigenvalue weighted by atomic mass is 15.0. The summed E-state index contributed by atoms with van der Waals surface area (Å²) in [4.78, 5) is 0. The number of hydrogen-bond acceptors (Lipinski definition) is 2. The van der Waals surface area contributed by atoms with E-state index in [1.54, 1.807) is 0 Å². The van der Waals surface area contributed by atoms with Crippen LogP contribution in [-0.4, -0.2) is 18.6 Å². The van der Waals surface area contributed by atoms with E-state index in [4.69, 9.17) is 5.73 Å². The summed E-state index contributed by atoms with van der Waals surface area (Å²) in [7, 11) is 0. The molecule has 3 N–H and O–H groups in total. The van der Waals surface area contributed by atoms with Crippen molar-refractivity contribution in [2.24, 2.45) is 17.1 Å². The van der Waals surface area contributed by atoms with Gasteiger partial charge in [0.2, 0.25) is 0 Å². The van der Waals surface area contributed by atoms with Crippen LogP contribution in [0.25, 0.3) is 0 Å². The van der Waals surface area contributed by atoms with E-state index in [9.17, 15) is 0 Å². The second-order valence-corrected chi connectivity index (χ2v) is 5.91. The average Bonchev–Trinajstić information content (AvgIpc) is 2.04. The highest BCUT2D eigenvalue weighted by Crippen LogP contribution is 2.36. The Morgan fingerprint density at radius 2 is 1.92 bits per heavy atom. The standard InChI is InChI=1S/C11H24N2/c1-10(2)5-9(6-12)7-13-11(3,4)8-10/h9,13H,5-8,12H2,1-4H3/t9-/m0/s1. The van der Waals surface area contributed by atoms with Crippen molar-refractivity contribution in [2.45, 2.75) is 46.1 Å². The molecule has 0 unspecified atom stereocenters. The third-order valence-electron chi connectivity index (χ3n) is 2.96. The maximum absolute atomic E-state index is 5.74. The predicted molar refractivity (Wildman–Crippen MR) is 57.6 cm³/mol. The molecule has 1 atom stereocenters. The molecule has 0 bridgehead atoms. The molecular weight excluding hydrogens is 160 g/mol. The highest BCUT2D eigenvalue weighted by molar-refractivity contribution is 4.91. The predicted octanol–water partition coefficient (Wildman–Crippen LogP) is 1.75. The van der Waals surface area contributed by atoms with E-state index in [0.717, 1.165) is 13.1 Å². The Balaban J connectivity index is 2.69. The largest absolute Gasteiger partial charge is 0.330 e. The first-order chi connectivity index (χ1) is 5.85. The highest BCUT2D eigenvalue weighted by Gasteiger charge is 2.34. The third kappa shape index (κ3) is 3.28. The maximum atomic E-state index is 5.74. The molecule has 1 aliphatic rings. The molecule has 78 valence electrons. The lowest BCUT2D eigenvalue weighted by atomic mass is 9.76. The average molecular weight is 184 g/mol. The molecule has 1 aliphatic heterocycles. The van der Waals surface area contributed by atoms with Gasteiger partial charge in [0.1, 0.15) is 0 Å². The first-order valence-corrected chi connectivity index (χ1v) is 5.30. The lowest BCUT2D eigenvalue weighted by Gasteiger charge is -2.32. The first-order valence-electron chi connectivity index (χ1n) is 5.30. The Kier molecular flexibility index (Phi) is 3.03. The third-order valence-corrected chi connectivity index (χ3v) is 2.96. The van der Waals surface area contributed by atoms with Crippen LogP contribution in [0.4, 0.5) is 0 Å². The molecule has 1 fully saturated rings. The van der Waals surface area contributed by atoms with Crippen LogP contribution in [0.5, 0.6) is 0 Å². The van der Waals surface area contributed by atoms with Crippen molar-refractivity contribution in [3.05, 3.63) is 0 Å². The van der Waals surface area contributed by atoms with E-state index in [1.165, 1.54) is 12.8 Å². The molecule has 0 aromatic rings. The summed E-state index contributed by atoms with van der Waals surface area (Å²) in [5.41, 5.74) is 6.44. The Hall–Kier alpha value is -0.0800. The van der Waals surface area contributed by atoms with Crippen LogP contribution in [0.2, 0.25) is 0 Å². The van der Waals surface area contributed by atoms with Crippen LogP contribution in [0.1, 0.15) is 40.5 Å². The first kappa shape index (κ1) is 11.0. The molecule has 2 heteroatoms. The van der Waals surface area contributed by atoms with E-state index in [0.29, 0.717) is 11.3 Å². The smallest absolute Gasteiger partial charge is 0.0130 e. The van der Waals surface area contributed by atoms with Crippen molar-refractivity contribution in [3.63, 3.8) is 0 Å². The fraction of sp³-hybridized carbons (Fsp3) is 1.00. The Bertz CT molecular complexity index is 173. The maximum Gasteiger partial charge on any atom is 0.0130 e. The molecule has 0 aromatic carbocycles. The molecule has 1 heterocycles. The van der Waals surface area contributed by atoms with Crippen molar-refractivity contribution in [3.8, 4) is 0 Å². The van der Waals surface area contributed by atoms with Crippen LogP contribution < -0.4 is 11.1 Å². The normalized spacial score (nSPS) is 32.5. The lowest BCUT2D eigenvalue weighted by Crippen LogP contribution is -2.41. The molecule has 0 spiro atoms. The fourth-order valence-electron chi connectivity index (χ4n) is 2.77. The van der Waals surface area contributed by atoms with Gasteiger partial charge in [-0.2, -0.15) is 0 Å². The summed E-state index contributed by atoms with van der Waals surface area (Å²) in [5, 5.41) is 3.60. The molecule has 1 saturated heterocycles. The lowest BCUT2D eigenvalue weighted by molar-refractivity contribution is 0.232. The Morgan fingerprint density at radius 1 is 1.31 bits per heavy atom. The zero-order valence-corrected chi connectivity index (χ0v) is 9.48. The van der Waals surface area contributed by atoms with Crippen molar-refractivity contribution < 1.29 is 0 Å². The minimum Gasteiger partial charge on any atom is -0.330 e. The minimum atomic E-state index is 0.271. The molecule has 0 radical (unpaired) electrons. The van der Waals surface area contributed by atoms with Gasteiger partial charge in [-0.25, -0.2) is 0 Å². The van der Waals surface area contributed by atoms with Crippen LogP contribution in [0.15, 0.2) is 0 Å². The molecule has 0 amide bonds. The Labute approximate surface area is 82.3 Å². The summed E-state index contributed by atoms with van der Waals surface area (Å²) in [6.07, 6.45) is 2.48. The number of hydrogen-bond donors (Lipinski definition) is 2. The topological polar surface area (TPSA) is 38.0 Å². The minimum absolute atomic E-state index is 0.271. The van der Waals surface area contributed by atoms with Gasteiger partial charge in [0, 0.05) is 5.54 Å². The van der Waals surface area contributed by atoms with Gasteiger partial charge < -0.3 is 11.1 Å². The van der Waals surface area contributed by atoms with Crippen molar-refractivity contribution in [1.82, 2.24) is 5.32 Å². The second-order valence-electron chi connectivity index (χ2n) is 5.91. The van der Waals surface area contributed by atoms with Gasteiger partial charge in [0.25, 0.3) is 0 Å². The molecule has 13 heavy (non-hydrogen) atoms. The zero-order valence-electron chi connectivity index (χ0n) is 9.48. The molecular formula is C11H24N2. The zero-order chi connectivity index (χ0) is 10.1. The van der Waals surface area contributed by atoms with Crippen molar-refractivity contribution in [1.29, 1.82) is 0 Å². The van der Waals surface area contributed by atoms with Gasteiger partial charge >= 0.3 is 0 Å². The van der Waals surface area contributed by atoms with E-state index >= 15 is 0 Å².